The highest BCUT2D eigenvalue weighted by Crippen LogP contribution is 2.39. The van der Waals surface area contributed by atoms with Crippen molar-refractivity contribution in [2.24, 2.45) is 0 Å². The Bertz CT molecular complexity index is 938. The number of aldehydes is 1. The van der Waals surface area contributed by atoms with Gasteiger partial charge in [-0.1, -0.05) is 66.6 Å². The van der Waals surface area contributed by atoms with Crippen LogP contribution in [0.15, 0.2) is 60.7 Å². The lowest BCUT2D eigenvalue weighted by Crippen LogP contribution is -2.51. The maximum atomic E-state index is 12.8. The number of rotatable bonds is 6. The van der Waals surface area contributed by atoms with Gasteiger partial charge in [0, 0.05) is 18.8 Å². The Morgan fingerprint density at radius 2 is 1.64 bits per heavy atom. The number of nitrogens with zero attached hydrogens (tertiary/aromatic N) is 1. The molecule has 7 heteroatoms. The first-order chi connectivity index (χ1) is 16.2. The van der Waals surface area contributed by atoms with Crippen molar-refractivity contribution in [1.82, 2.24) is 5.23 Å². The molecule has 174 valence electrons. The number of carbonyl (C=O) groups is 2. The fourth-order valence-electron chi connectivity index (χ4n) is 5.08. The smallest absolute Gasteiger partial charge is 0.338 e. The van der Waals surface area contributed by atoms with Gasteiger partial charge in [0.05, 0.1) is 11.7 Å². The molecule has 0 spiro atoms. The molecule has 0 unspecified atom stereocenters. The number of hydrogen-bond donors (Lipinski definition) is 0. The number of esters is 1. The molecule has 1 aliphatic carbocycles. The lowest BCUT2D eigenvalue weighted by atomic mass is 9.81. The van der Waals surface area contributed by atoms with Crippen molar-refractivity contribution in [1.29, 1.82) is 0 Å². The Balaban J connectivity index is 1.31. The quantitative estimate of drug-likeness (QED) is 0.482. The van der Waals surface area contributed by atoms with E-state index >= 15 is 0 Å². The second-order valence-electron chi connectivity index (χ2n) is 8.92. The summed E-state index contributed by atoms with van der Waals surface area (Å²) in [7, 11) is 0. The van der Waals surface area contributed by atoms with Crippen LogP contribution in [-0.4, -0.2) is 48.1 Å². The predicted octanol–water partition coefficient (Wildman–Crippen LogP) is 4.19. The Kier molecular flexibility index (Phi) is 6.83. The number of carbonyl (C=O) groups excluding carboxylic acids is 2. The molecule has 5 rings (SSSR count). The van der Waals surface area contributed by atoms with Crippen molar-refractivity contribution in [2.75, 3.05) is 0 Å². The molecule has 2 aliphatic heterocycles. The van der Waals surface area contributed by atoms with Gasteiger partial charge in [-0.25, -0.2) is 9.63 Å². The topological polar surface area (TPSA) is 74.3 Å². The van der Waals surface area contributed by atoms with E-state index < -0.39 is 24.5 Å². The highest BCUT2D eigenvalue weighted by atomic mass is 17.0. The molecule has 0 radical (unpaired) electrons. The van der Waals surface area contributed by atoms with Crippen LogP contribution in [0.25, 0.3) is 0 Å². The van der Waals surface area contributed by atoms with Crippen LogP contribution in [0.1, 0.15) is 60.4 Å². The van der Waals surface area contributed by atoms with Gasteiger partial charge in [-0.3, -0.25) is 4.84 Å². The molecular weight excluding hydrogens is 422 g/mol. The van der Waals surface area contributed by atoms with E-state index in [4.69, 9.17) is 19.1 Å². The van der Waals surface area contributed by atoms with Crippen molar-refractivity contribution < 1.29 is 28.7 Å². The largest absolute Gasteiger partial charge is 0.457 e. The lowest BCUT2D eigenvalue weighted by molar-refractivity contribution is -0.446. The molecule has 0 aromatic heterocycles. The first-order valence-corrected chi connectivity index (χ1v) is 11.8. The van der Waals surface area contributed by atoms with Gasteiger partial charge in [0.15, 0.2) is 12.6 Å². The highest BCUT2D eigenvalue weighted by Gasteiger charge is 2.48. The normalized spacial score (nSPS) is 32.1. The molecule has 2 aromatic rings. The van der Waals surface area contributed by atoms with E-state index in [1.54, 1.807) is 24.3 Å². The molecule has 2 saturated heterocycles. The minimum Gasteiger partial charge on any atom is -0.457 e. The third-order valence-electron chi connectivity index (χ3n) is 6.74. The molecule has 2 aromatic carbocycles. The van der Waals surface area contributed by atoms with E-state index in [-0.39, 0.29) is 18.1 Å². The van der Waals surface area contributed by atoms with Gasteiger partial charge in [-0.2, -0.15) is 0 Å². The number of benzene rings is 2. The van der Waals surface area contributed by atoms with Crippen molar-refractivity contribution in [3.8, 4) is 0 Å². The van der Waals surface area contributed by atoms with E-state index in [2.05, 4.69) is 24.3 Å². The number of hydroxylamine groups is 2. The average molecular weight is 452 g/mol. The summed E-state index contributed by atoms with van der Waals surface area (Å²) in [5, 5.41) is 1.32. The Labute approximate surface area is 193 Å². The fraction of sp³-hybridized carbons (Fsp3) is 0.462. The minimum absolute atomic E-state index is 0.00218. The van der Waals surface area contributed by atoms with Crippen molar-refractivity contribution in [2.45, 2.75) is 75.1 Å². The molecule has 1 saturated carbocycles. The van der Waals surface area contributed by atoms with Crippen molar-refractivity contribution in [3.05, 3.63) is 71.8 Å². The Morgan fingerprint density at radius 3 is 2.39 bits per heavy atom. The lowest BCUT2D eigenvalue weighted by Gasteiger charge is -2.41. The summed E-state index contributed by atoms with van der Waals surface area (Å²) in [5.41, 5.74) is 1.75. The van der Waals surface area contributed by atoms with Gasteiger partial charge in [-0.05, 0) is 30.5 Å². The number of fused-ring (bicyclic) bond motifs is 1. The van der Waals surface area contributed by atoms with Crippen molar-refractivity contribution in [3.63, 3.8) is 0 Å². The van der Waals surface area contributed by atoms with Crippen LogP contribution < -0.4 is 0 Å². The molecule has 0 amide bonds. The maximum Gasteiger partial charge on any atom is 0.338 e. The van der Waals surface area contributed by atoms with E-state index in [0.29, 0.717) is 18.4 Å². The summed E-state index contributed by atoms with van der Waals surface area (Å²) in [5.74, 6) is -0.121. The molecule has 0 N–H and O–H groups in total. The summed E-state index contributed by atoms with van der Waals surface area (Å²) < 4.78 is 12.3. The molecular formula is C26H29NO6. The second-order valence-corrected chi connectivity index (χ2v) is 8.92. The molecule has 6 atom stereocenters. The minimum atomic E-state index is -0.630. The fourth-order valence-corrected chi connectivity index (χ4v) is 5.08. The molecule has 7 nitrogen and oxygen atoms in total. The first-order valence-electron chi connectivity index (χ1n) is 11.8. The third kappa shape index (κ3) is 5.01. The SMILES string of the molecule is O=C[C@@H]1C[C@H]2[C@H](OC(=O)c3ccccc3)C[C@H](O[C@H]3CCCC[C@@H]3c3ccccc3)ON2O1. The van der Waals surface area contributed by atoms with Crippen LogP contribution in [-0.2, 0) is 23.9 Å². The summed E-state index contributed by atoms with van der Waals surface area (Å²) in [4.78, 5) is 35.7. The molecule has 3 aliphatic rings. The zero-order valence-corrected chi connectivity index (χ0v) is 18.5. The van der Waals surface area contributed by atoms with Crippen LogP contribution in [0.5, 0.6) is 0 Å². The van der Waals surface area contributed by atoms with E-state index in [0.717, 1.165) is 25.5 Å². The zero-order chi connectivity index (χ0) is 22.6. The second kappa shape index (κ2) is 10.1. The van der Waals surface area contributed by atoms with Gasteiger partial charge in [0.1, 0.15) is 18.2 Å². The monoisotopic (exact) mass is 451 g/mol. The molecule has 2 heterocycles. The number of ether oxygens (including phenoxy) is 2. The molecule has 3 fully saturated rings. The van der Waals surface area contributed by atoms with Crippen molar-refractivity contribution >= 4 is 12.3 Å². The van der Waals surface area contributed by atoms with E-state index in [9.17, 15) is 9.59 Å². The van der Waals surface area contributed by atoms with Crippen LogP contribution in [0.2, 0.25) is 0 Å². The summed E-state index contributed by atoms with van der Waals surface area (Å²) >= 11 is 0. The maximum absolute atomic E-state index is 12.8. The first kappa shape index (κ1) is 22.2. The summed E-state index contributed by atoms with van der Waals surface area (Å²) in [6, 6.07) is 19.0. The van der Waals surface area contributed by atoms with E-state index in [1.807, 2.05) is 12.1 Å². The highest BCUT2D eigenvalue weighted by molar-refractivity contribution is 5.89. The van der Waals surface area contributed by atoms with Gasteiger partial charge in [0.25, 0.3) is 0 Å². The van der Waals surface area contributed by atoms with Gasteiger partial charge < -0.3 is 14.3 Å². The summed E-state index contributed by atoms with van der Waals surface area (Å²) in [6.07, 6.45) is 4.03. The standard InChI is InChI=1S/C26H29NO6/c28-17-20-15-22-24(31-26(29)19-11-5-2-6-12-19)16-25(33-27(22)32-20)30-23-14-8-7-13-21(23)18-9-3-1-4-10-18/h1-6,9-12,17,20-25H,7-8,13-16H2/t20-,21+,22-,23-,24+,25+/m0/s1. The number of hydrogen-bond acceptors (Lipinski definition) is 7. The average Bonchev–Trinajstić information content (AvgIpc) is 3.29. The van der Waals surface area contributed by atoms with Gasteiger partial charge in [0.2, 0.25) is 0 Å². The Hall–Kier alpha value is -2.58. The molecule has 0 bridgehead atoms. The predicted molar refractivity (Wildman–Crippen MR) is 119 cm³/mol. The van der Waals surface area contributed by atoms with Crippen LogP contribution >= 0.6 is 0 Å². The Morgan fingerprint density at radius 1 is 0.909 bits per heavy atom. The zero-order valence-electron chi connectivity index (χ0n) is 18.5. The van der Waals surface area contributed by atoms with Crippen LogP contribution in [0.3, 0.4) is 0 Å². The molecule has 33 heavy (non-hydrogen) atoms. The van der Waals surface area contributed by atoms with Gasteiger partial charge in [-0.15, -0.1) is 0 Å². The summed E-state index contributed by atoms with van der Waals surface area (Å²) in [6.45, 7) is 0. The van der Waals surface area contributed by atoms with Crippen LogP contribution in [0, 0.1) is 0 Å². The van der Waals surface area contributed by atoms with Crippen LogP contribution in [0.4, 0.5) is 0 Å². The van der Waals surface area contributed by atoms with E-state index in [1.165, 1.54) is 17.2 Å². The third-order valence-corrected chi connectivity index (χ3v) is 6.74. The van der Waals surface area contributed by atoms with Gasteiger partial charge >= 0.3 is 5.97 Å².